The van der Waals surface area contributed by atoms with Crippen LogP contribution in [0, 0.1) is 12.7 Å². The van der Waals surface area contributed by atoms with Crippen LogP contribution >= 0.6 is 11.6 Å². The van der Waals surface area contributed by atoms with Crippen molar-refractivity contribution in [3.05, 3.63) is 117 Å². The fourth-order valence-corrected chi connectivity index (χ4v) is 4.43. The molecule has 0 aliphatic carbocycles. The molecule has 0 saturated carbocycles. The number of hydrogen-bond donors (Lipinski definition) is 2. The second kappa shape index (κ2) is 10.9. The lowest BCUT2D eigenvalue weighted by atomic mass is 10.1. The number of rotatable bonds is 8. The fourth-order valence-electron chi connectivity index (χ4n) is 4.27. The van der Waals surface area contributed by atoms with Crippen LogP contribution in [0.3, 0.4) is 0 Å². The number of aromatic nitrogens is 3. The van der Waals surface area contributed by atoms with Crippen LogP contribution in [0.2, 0.25) is 5.02 Å². The first kappa shape index (κ1) is 25.9. The van der Waals surface area contributed by atoms with Gasteiger partial charge in [-0.15, -0.1) is 0 Å². The third-order valence-electron chi connectivity index (χ3n) is 6.08. The summed E-state index contributed by atoms with van der Waals surface area (Å²) in [6.45, 7) is 1.72. The van der Waals surface area contributed by atoms with Crippen molar-refractivity contribution < 1.29 is 13.9 Å². The van der Waals surface area contributed by atoms with Crippen molar-refractivity contribution in [3.63, 3.8) is 0 Å². The summed E-state index contributed by atoms with van der Waals surface area (Å²) in [6, 6.07) is 20.4. The maximum atomic E-state index is 14.1. The van der Waals surface area contributed by atoms with Gasteiger partial charge in [0, 0.05) is 28.4 Å². The summed E-state index contributed by atoms with van der Waals surface area (Å²) in [5, 5.41) is 4.31. The molecule has 5 aromatic rings. The minimum absolute atomic E-state index is 0.121. The Hall–Kier alpha value is -4.76. The molecule has 8 nitrogen and oxygen atoms in total. The zero-order valence-electron chi connectivity index (χ0n) is 20.8. The molecule has 2 heterocycles. The lowest BCUT2D eigenvalue weighted by Crippen LogP contribution is -2.23. The molecule has 0 saturated heterocycles. The van der Waals surface area contributed by atoms with E-state index in [1.807, 2.05) is 37.3 Å². The lowest BCUT2D eigenvalue weighted by Gasteiger charge is -2.18. The van der Waals surface area contributed by atoms with Gasteiger partial charge in [0.2, 0.25) is 5.91 Å². The number of nitrogens with zero attached hydrogens (tertiary/aromatic N) is 3. The van der Waals surface area contributed by atoms with Crippen molar-refractivity contribution in [3.8, 4) is 11.4 Å². The highest BCUT2D eigenvalue weighted by Crippen LogP contribution is 2.31. The molecule has 1 amide bonds. The van der Waals surface area contributed by atoms with E-state index in [2.05, 4.69) is 15.3 Å². The maximum absolute atomic E-state index is 14.1. The highest BCUT2D eigenvalue weighted by Gasteiger charge is 2.17. The number of ether oxygens (including phenoxy) is 1. The molecule has 39 heavy (non-hydrogen) atoms. The molecule has 3 N–H and O–H groups in total. The summed E-state index contributed by atoms with van der Waals surface area (Å²) >= 11 is 6.24. The van der Waals surface area contributed by atoms with Crippen LogP contribution in [0.5, 0.6) is 5.75 Å². The Balaban J connectivity index is 1.56. The molecule has 2 aromatic heterocycles. The Bertz CT molecular complexity index is 1770. The molecule has 0 radical (unpaired) electrons. The van der Waals surface area contributed by atoms with Crippen molar-refractivity contribution in [2.24, 2.45) is 5.73 Å². The molecule has 3 aromatic carbocycles. The highest BCUT2D eigenvalue weighted by atomic mass is 35.5. The van der Waals surface area contributed by atoms with Gasteiger partial charge in [-0.25, -0.2) is 9.18 Å². The van der Waals surface area contributed by atoms with Gasteiger partial charge in [0.05, 0.1) is 17.6 Å². The average molecular weight is 544 g/mol. The van der Waals surface area contributed by atoms with Gasteiger partial charge in [-0.05, 0) is 60.5 Å². The van der Waals surface area contributed by atoms with Crippen molar-refractivity contribution in [2.45, 2.75) is 20.0 Å². The van der Waals surface area contributed by atoms with Gasteiger partial charge in [-0.3, -0.25) is 14.3 Å². The van der Waals surface area contributed by atoms with E-state index in [-0.39, 0.29) is 24.5 Å². The van der Waals surface area contributed by atoms with Gasteiger partial charge < -0.3 is 15.8 Å². The van der Waals surface area contributed by atoms with Crippen LogP contribution in [0.4, 0.5) is 15.9 Å². The Morgan fingerprint density at radius 2 is 1.92 bits per heavy atom. The number of primary amides is 1. The van der Waals surface area contributed by atoms with Gasteiger partial charge in [0.15, 0.2) is 0 Å². The molecule has 10 heteroatoms. The van der Waals surface area contributed by atoms with E-state index >= 15 is 0 Å². The number of amides is 1. The number of pyridine rings is 1. The molecule has 0 aliphatic rings. The van der Waals surface area contributed by atoms with Crippen LogP contribution in [0.25, 0.3) is 16.6 Å². The topological polar surface area (TPSA) is 112 Å². The van der Waals surface area contributed by atoms with Crippen LogP contribution < -0.4 is 21.5 Å². The Morgan fingerprint density at radius 3 is 2.69 bits per heavy atom. The van der Waals surface area contributed by atoms with Crippen molar-refractivity contribution in [2.75, 3.05) is 5.32 Å². The summed E-state index contributed by atoms with van der Waals surface area (Å²) in [6.07, 6.45) is 1.61. The maximum Gasteiger partial charge on any atom is 0.354 e. The summed E-state index contributed by atoms with van der Waals surface area (Å²) in [7, 11) is 0. The third-order valence-corrected chi connectivity index (χ3v) is 6.32. The molecule has 0 bridgehead atoms. The van der Waals surface area contributed by atoms with Crippen LogP contribution in [-0.4, -0.2) is 20.4 Å². The normalized spacial score (nSPS) is 10.9. The SMILES string of the molecule is Cc1cc(CC(N)=O)ccc1Nc1nc(=O)n(-c2ccc(Cl)cc2OCc2ncccc2F)c2ccccc12. The fraction of sp³-hybridized carbons (Fsp3) is 0.103. The third kappa shape index (κ3) is 5.58. The minimum Gasteiger partial charge on any atom is -0.485 e. The largest absolute Gasteiger partial charge is 0.485 e. The first-order chi connectivity index (χ1) is 18.8. The van der Waals surface area contributed by atoms with E-state index in [1.165, 1.54) is 22.9 Å². The number of para-hydroxylation sites is 1. The number of fused-ring (bicyclic) bond motifs is 1. The first-order valence-electron chi connectivity index (χ1n) is 12.0. The van der Waals surface area contributed by atoms with E-state index in [9.17, 15) is 14.0 Å². The number of benzene rings is 3. The second-order valence-electron chi connectivity index (χ2n) is 8.85. The van der Waals surface area contributed by atoms with Gasteiger partial charge in [-0.1, -0.05) is 35.9 Å². The van der Waals surface area contributed by atoms with Gasteiger partial charge >= 0.3 is 5.69 Å². The average Bonchev–Trinajstić information content (AvgIpc) is 2.90. The zero-order valence-corrected chi connectivity index (χ0v) is 21.6. The van der Waals surface area contributed by atoms with Crippen molar-refractivity contribution >= 4 is 39.9 Å². The van der Waals surface area contributed by atoms with Gasteiger partial charge in [0.25, 0.3) is 0 Å². The molecule has 0 aliphatic heterocycles. The number of aryl methyl sites for hydroxylation is 1. The number of nitrogens with one attached hydrogen (secondary N) is 1. The van der Waals surface area contributed by atoms with E-state index in [0.29, 0.717) is 27.4 Å². The number of nitrogens with two attached hydrogens (primary N) is 1. The molecule has 0 atom stereocenters. The van der Waals surface area contributed by atoms with Crippen LogP contribution in [0.15, 0.2) is 83.8 Å². The predicted octanol–water partition coefficient (Wildman–Crippen LogP) is 5.23. The summed E-state index contributed by atoms with van der Waals surface area (Å²) in [5.74, 6) is -0.284. The smallest absolute Gasteiger partial charge is 0.354 e. The Labute approximate surface area is 227 Å². The second-order valence-corrected chi connectivity index (χ2v) is 9.28. The highest BCUT2D eigenvalue weighted by molar-refractivity contribution is 6.30. The molecule has 0 fully saturated rings. The number of carbonyl (C=O) groups excluding carboxylic acids is 1. The first-order valence-corrected chi connectivity index (χ1v) is 12.4. The molecular formula is C29H23ClFN5O3. The van der Waals surface area contributed by atoms with E-state index in [4.69, 9.17) is 22.1 Å². The molecule has 0 unspecified atom stereocenters. The number of hydrogen-bond acceptors (Lipinski definition) is 6. The monoisotopic (exact) mass is 543 g/mol. The van der Waals surface area contributed by atoms with Crippen LogP contribution in [-0.2, 0) is 17.8 Å². The number of anilines is 2. The number of carbonyl (C=O) groups is 1. The number of halogens is 2. The Kier molecular flexibility index (Phi) is 7.25. The van der Waals surface area contributed by atoms with E-state index in [1.54, 1.807) is 30.3 Å². The van der Waals surface area contributed by atoms with Gasteiger partial charge in [-0.2, -0.15) is 4.98 Å². The molecule has 196 valence electrons. The van der Waals surface area contributed by atoms with Crippen molar-refractivity contribution in [1.82, 2.24) is 14.5 Å². The van der Waals surface area contributed by atoms with Crippen LogP contribution in [0.1, 0.15) is 16.8 Å². The Morgan fingerprint density at radius 1 is 1.10 bits per heavy atom. The molecule has 0 spiro atoms. The van der Waals surface area contributed by atoms with E-state index in [0.717, 1.165) is 16.8 Å². The van der Waals surface area contributed by atoms with Crippen molar-refractivity contribution in [1.29, 1.82) is 0 Å². The van der Waals surface area contributed by atoms with E-state index < -0.39 is 17.4 Å². The van der Waals surface area contributed by atoms with Gasteiger partial charge in [0.1, 0.15) is 29.7 Å². The summed E-state index contributed by atoms with van der Waals surface area (Å²) < 4.78 is 21.5. The summed E-state index contributed by atoms with van der Waals surface area (Å²) in [5.41, 5.74) is 8.21. The molecular weight excluding hydrogens is 521 g/mol. The lowest BCUT2D eigenvalue weighted by molar-refractivity contribution is -0.117. The predicted molar refractivity (Wildman–Crippen MR) is 148 cm³/mol. The zero-order chi connectivity index (χ0) is 27.5. The summed E-state index contributed by atoms with van der Waals surface area (Å²) in [4.78, 5) is 33.1. The quantitative estimate of drug-likeness (QED) is 0.277. The standard InChI is InChI=1S/C29H23ClFN5O3/c1-17-13-18(14-27(32)37)8-10-22(17)34-28-20-5-2-3-7-24(20)36(29(38)35-28)25-11-9-19(30)15-26(25)39-16-23-21(31)6-4-12-33-23/h2-13,15H,14,16H2,1H3,(H2,32,37)(H,34,35,38). The minimum atomic E-state index is -0.560. The molecule has 5 rings (SSSR count).